The number of imidazole rings is 1. The van der Waals surface area contributed by atoms with Crippen LogP contribution in [0, 0.1) is 5.41 Å². The van der Waals surface area contributed by atoms with E-state index in [2.05, 4.69) is 48.6 Å². The van der Waals surface area contributed by atoms with Crippen molar-refractivity contribution in [3.8, 4) is 11.3 Å². The van der Waals surface area contributed by atoms with Gasteiger partial charge in [-0.3, -0.25) is 4.90 Å². The van der Waals surface area contributed by atoms with E-state index in [1.165, 1.54) is 32.1 Å². The molecule has 8 heteroatoms. The van der Waals surface area contributed by atoms with Crippen molar-refractivity contribution >= 4 is 6.03 Å². The van der Waals surface area contributed by atoms with Gasteiger partial charge in [-0.2, -0.15) is 0 Å². The summed E-state index contributed by atoms with van der Waals surface area (Å²) in [4.78, 5) is 25.8. The number of hydrogen-bond acceptors (Lipinski definition) is 4. The highest BCUT2D eigenvalue weighted by Gasteiger charge is 2.41. The largest absolute Gasteiger partial charge is 0.328 e. The minimum Gasteiger partial charge on any atom is -0.328 e. The number of carbonyl (C=O) groups is 1. The number of benzene rings is 2. The number of rotatable bonds is 9. The Morgan fingerprint density at radius 1 is 0.977 bits per heavy atom. The summed E-state index contributed by atoms with van der Waals surface area (Å²) in [6.45, 7) is 9.74. The Morgan fingerprint density at radius 3 is 2.21 bits per heavy atom. The van der Waals surface area contributed by atoms with E-state index in [0.29, 0.717) is 25.7 Å². The van der Waals surface area contributed by atoms with Crippen LogP contribution in [0.1, 0.15) is 70.3 Å². The fraction of sp³-hybridized carbons (Fsp3) is 0.543. The molecule has 43 heavy (non-hydrogen) atoms. The average molecular weight is 589 g/mol. The van der Waals surface area contributed by atoms with Crippen molar-refractivity contribution in [2.45, 2.75) is 77.7 Å². The second kappa shape index (κ2) is 14.0. The molecule has 2 N–H and O–H groups in total. The molecular weight excluding hydrogens is 539 g/mol. The third-order valence-corrected chi connectivity index (χ3v) is 9.02. The molecule has 0 bridgehead atoms. The minimum atomic E-state index is -1.33. The Balaban J connectivity index is 1.49. The number of hydrogen-bond donors (Lipinski definition) is 1. The van der Waals surface area contributed by atoms with Crippen LogP contribution in [0.25, 0.3) is 11.3 Å². The quantitative estimate of drug-likeness (QED) is 0.316. The molecule has 2 heterocycles. The summed E-state index contributed by atoms with van der Waals surface area (Å²) in [7, 11) is 0. The van der Waals surface area contributed by atoms with Gasteiger partial charge in [0.1, 0.15) is 12.0 Å². The van der Waals surface area contributed by atoms with E-state index < -0.39 is 17.6 Å². The van der Waals surface area contributed by atoms with E-state index in [-0.39, 0.29) is 19.1 Å². The molecule has 2 aromatic carbocycles. The summed E-state index contributed by atoms with van der Waals surface area (Å²) in [5, 5.41) is 0. The number of halogens is 1. The van der Waals surface area contributed by atoms with E-state index in [0.717, 1.165) is 35.7 Å². The van der Waals surface area contributed by atoms with Gasteiger partial charge in [0.25, 0.3) is 0 Å². The monoisotopic (exact) mass is 588 g/mol. The van der Waals surface area contributed by atoms with Crippen LogP contribution in [0.15, 0.2) is 66.9 Å². The minimum absolute atomic E-state index is 0.0705. The van der Waals surface area contributed by atoms with Crippen molar-refractivity contribution in [2.24, 2.45) is 11.1 Å². The maximum absolute atomic E-state index is 15.2. The Kier molecular flexibility index (Phi) is 10.2. The lowest BCUT2D eigenvalue weighted by molar-refractivity contribution is 0.0446. The zero-order chi connectivity index (χ0) is 30.4. The van der Waals surface area contributed by atoms with Crippen molar-refractivity contribution in [1.82, 2.24) is 24.3 Å². The predicted octanol–water partition coefficient (Wildman–Crippen LogP) is 6.35. The average Bonchev–Trinajstić information content (AvgIpc) is 3.43. The molecule has 2 amide bonds. The number of nitrogens with two attached hydrogens (primary N) is 1. The van der Waals surface area contributed by atoms with Gasteiger partial charge in [0.2, 0.25) is 0 Å². The molecule has 1 saturated carbocycles. The van der Waals surface area contributed by atoms with Gasteiger partial charge >= 0.3 is 6.03 Å². The van der Waals surface area contributed by atoms with Crippen LogP contribution in [-0.2, 0) is 6.54 Å². The molecule has 3 aromatic rings. The second-order valence-corrected chi connectivity index (χ2v) is 13.3. The number of aromatic nitrogens is 2. The summed E-state index contributed by atoms with van der Waals surface area (Å²) < 4.78 is 17.4. The van der Waals surface area contributed by atoms with Gasteiger partial charge in [-0.25, -0.2) is 14.2 Å². The van der Waals surface area contributed by atoms with Gasteiger partial charge in [0.05, 0.1) is 18.3 Å². The molecule has 232 valence electrons. The Bertz CT molecular complexity index is 1290. The van der Waals surface area contributed by atoms with Crippen molar-refractivity contribution in [3.63, 3.8) is 0 Å². The van der Waals surface area contributed by atoms with Gasteiger partial charge in [0.15, 0.2) is 0 Å². The Labute approximate surface area is 256 Å². The highest BCUT2D eigenvalue weighted by molar-refractivity contribution is 5.75. The zero-order valence-electron chi connectivity index (χ0n) is 26.2. The van der Waals surface area contributed by atoms with Crippen LogP contribution in [0.3, 0.4) is 0 Å². The topological polar surface area (TPSA) is 70.6 Å². The molecule has 1 saturated heterocycles. The van der Waals surface area contributed by atoms with Gasteiger partial charge in [-0.05, 0) is 23.8 Å². The molecule has 1 aliphatic heterocycles. The summed E-state index contributed by atoms with van der Waals surface area (Å²) in [6, 6.07) is 20.4. The lowest BCUT2D eigenvalue weighted by Crippen LogP contribution is -2.57. The molecule has 7 nitrogen and oxygen atoms in total. The molecule has 2 atom stereocenters. The molecule has 2 aliphatic rings. The van der Waals surface area contributed by atoms with Gasteiger partial charge in [-0.1, -0.05) is 101 Å². The van der Waals surface area contributed by atoms with Gasteiger partial charge in [-0.15, -0.1) is 0 Å². The number of piperazine rings is 1. The molecule has 2 fully saturated rings. The first-order valence-electron chi connectivity index (χ1n) is 16.0. The fourth-order valence-electron chi connectivity index (χ4n) is 6.79. The van der Waals surface area contributed by atoms with Crippen molar-refractivity contribution < 1.29 is 9.18 Å². The smallest absolute Gasteiger partial charge is 0.320 e. The summed E-state index contributed by atoms with van der Waals surface area (Å²) in [6.07, 6.45) is 7.15. The Hall–Kier alpha value is -3.23. The number of alkyl halides is 1. The molecule has 0 spiro atoms. The molecule has 1 aliphatic carbocycles. The van der Waals surface area contributed by atoms with Crippen LogP contribution in [0.4, 0.5) is 9.18 Å². The highest BCUT2D eigenvalue weighted by Crippen LogP contribution is 2.40. The zero-order valence-corrected chi connectivity index (χ0v) is 26.2. The molecule has 1 aromatic heterocycles. The fourth-order valence-corrected chi connectivity index (χ4v) is 6.79. The summed E-state index contributed by atoms with van der Waals surface area (Å²) in [5.41, 5.74) is 8.35. The maximum Gasteiger partial charge on any atom is 0.320 e. The van der Waals surface area contributed by atoms with E-state index >= 15 is 4.39 Å². The molecule has 5 rings (SSSR count). The van der Waals surface area contributed by atoms with Crippen LogP contribution in [0.5, 0.6) is 0 Å². The first kappa shape index (κ1) is 31.2. The predicted molar refractivity (Wildman–Crippen MR) is 171 cm³/mol. The molecular formula is C35H49FN6O. The normalized spacial score (nSPS) is 18.4. The SMILES string of the molecule is CC(C)(C)[C@H](c1nc(-c2ccccc2)cn1Cc1ccccc1)N(CC(F)CN)C(=O)N1CCN(C2CCCCC2)CC1. The first-order chi connectivity index (χ1) is 20.7. The maximum atomic E-state index is 15.2. The summed E-state index contributed by atoms with van der Waals surface area (Å²) >= 11 is 0. The third kappa shape index (κ3) is 7.65. The third-order valence-electron chi connectivity index (χ3n) is 9.02. The molecule has 1 unspecified atom stereocenters. The van der Waals surface area contributed by atoms with E-state index in [1.54, 1.807) is 4.90 Å². The number of amides is 2. The van der Waals surface area contributed by atoms with Crippen LogP contribution in [-0.4, -0.2) is 81.8 Å². The van der Waals surface area contributed by atoms with Gasteiger partial charge < -0.3 is 20.1 Å². The van der Waals surface area contributed by atoms with Crippen molar-refractivity contribution in [1.29, 1.82) is 0 Å². The first-order valence-corrected chi connectivity index (χ1v) is 16.0. The number of nitrogens with zero attached hydrogens (tertiary/aromatic N) is 5. The summed E-state index contributed by atoms with van der Waals surface area (Å²) in [5.74, 6) is 0.758. The standard InChI is InChI=1S/C35H49FN6O/c1-35(2,3)32(33-38-31(28-15-9-5-10-16-28)26-41(33)24-27-13-7-4-8-14-27)42(25-29(36)23-37)34(43)40-21-19-39(20-22-40)30-17-11-6-12-18-30/h4-5,7-10,13-16,26,29-30,32H,6,11-12,17-25,37H2,1-3H3/t29?,32-/m0/s1. The lowest BCUT2D eigenvalue weighted by atomic mass is 9.84. The Morgan fingerprint density at radius 2 is 1.60 bits per heavy atom. The lowest BCUT2D eigenvalue weighted by Gasteiger charge is -2.45. The number of urea groups is 1. The highest BCUT2D eigenvalue weighted by atomic mass is 19.1. The number of carbonyl (C=O) groups excluding carboxylic acids is 1. The van der Waals surface area contributed by atoms with Crippen LogP contribution >= 0.6 is 0 Å². The van der Waals surface area contributed by atoms with Gasteiger partial charge in [0, 0.05) is 57.1 Å². The van der Waals surface area contributed by atoms with Crippen molar-refractivity contribution in [3.05, 3.63) is 78.2 Å². The van der Waals surface area contributed by atoms with E-state index in [4.69, 9.17) is 10.7 Å². The van der Waals surface area contributed by atoms with E-state index in [9.17, 15) is 4.79 Å². The second-order valence-electron chi connectivity index (χ2n) is 13.3. The molecule has 0 radical (unpaired) electrons. The van der Waals surface area contributed by atoms with Crippen molar-refractivity contribution in [2.75, 3.05) is 39.3 Å². The van der Waals surface area contributed by atoms with E-state index in [1.807, 2.05) is 53.4 Å². The van der Waals surface area contributed by atoms with Crippen LogP contribution < -0.4 is 5.73 Å². The van der Waals surface area contributed by atoms with Crippen LogP contribution in [0.2, 0.25) is 0 Å².